The number of methoxy groups -OCH3 is 1. The summed E-state index contributed by atoms with van der Waals surface area (Å²) >= 11 is 0. The molecule has 0 unspecified atom stereocenters. The van der Waals surface area contributed by atoms with Crippen molar-refractivity contribution in [2.45, 2.75) is 12.8 Å². The summed E-state index contributed by atoms with van der Waals surface area (Å²) in [6.45, 7) is 0.565. The molecule has 1 saturated carbocycles. The quantitative estimate of drug-likeness (QED) is 0.631. The Morgan fingerprint density at radius 1 is 1.35 bits per heavy atom. The average molecular weight is 323 g/mol. The van der Waals surface area contributed by atoms with E-state index >= 15 is 0 Å². The number of rotatable bonds is 10. The van der Waals surface area contributed by atoms with Gasteiger partial charge in [-0.25, -0.2) is 4.79 Å². The van der Waals surface area contributed by atoms with Crippen LogP contribution in [0, 0.1) is 5.92 Å². The first-order valence-corrected chi connectivity index (χ1v) is 7.48. The summed E-state index contributed by atoms with van der Waals surface area (Å²) in [6, 6.07) is 5.03. The molecule has 1 amide bonds. The van der Waals surface area contributed by atoms with Gasteiger partial charge in [0, 0.05) is 12.6 Å². The molecule has 1 aliphatic carbocycles. The number of nitrogens with one attached hydrogen (secondary N) is 1. The molecule has 1 aromatic carbocycles. The zero-order valence-electron chi connectivity index (χ0n) is 13.0. The lowest BCUT2D eigenvalue weighted by Crippen LogP contribution is -2.28. The Kier molecular flexibility index (Phi) is 6.22. The molecular formula is C16H21NO6. The molecule has 0 aliphatic heterocycles. The van der Waals surface area contributed by atoms with E-state index in [4.69, 9.17) is 19.3 Å². The number of carboxylic acids is 1. The SMILES string of the molecule is COc1ccc(C(=O)NCCOCC(=O)O)c(OCC2CC2)c1. The third-order valence-electron chi connectivity index (χ3n) is 3.36. The van der Waals surface area contributed by atoms with Crippen molar-refractivity contribution in [3.8, 4) is 11.5 Å². The lowest BCUT2D eigenvalue weighted by molar-refractivity contribution is -0.142. The predicted molar refractivity (Wildman–Crippen MR) is 82.0 cm³/mol. The molecule has 0 saturated heterocycles. The van der Waals surface area contributed by atoms with Crippen molar-refractivity contribution in [1.29, 1.82) is 0 Å². The summed E-state index contributed by atoms with van der Waals surface area (Å²) in [4.78, 5) is 22.5. The molecule has 1 aliphatic rings. The number of hydrogen-bond acceptors (Lipinski definition) is 5. The van der Waals surface area contributed by atoms with Gasteiger partial charge < -0.3 is 24.6 Å². The predicted octanol–water partition coefficient (Wildman–Crippen LogP) is 1.31. The minimum Gasteiger partial charge on any atom is -0.497 e. The second-order valence-corrected chi connectivity index (χ2v) is 5.32. The van der Waals surface area contributed by atoms with Gasteiger partial charge in [0.15, 0.2) is 0 Å². The molecule has 7 nitrogen and oxygen atoms in total. The van der Waals surface area contributed by atoms with Gasteiger partial charge in [-0.15, -0.1) is 0 Å². The summed E-state index contributed by atoms with van der Waals surface area (Å²) in [5.41, 5.74) is 0.421. The van der Waals surface area contributed by atoms with E-state index < -0.39 is 5.97 Å². The highest BCUT2D eigenvalue weighted by Crippen LogP contribution is 2.31. The average Bonchev–Trinajstić information content (AvgIpc) is 3.36. The molecule has 0 atom stereocenters. The van der Waals surface area contributed by atoms with Gasteiger partial charge in [-0.05, 0) is 30.9 Å². The second kappa shape index (κ2) is 8.38. The minimum absolute atomic E-state index is 0.131. The fraction of sp³-hybridized carbons (Fsp3) is 0.500. The monoisotopic (exact) mass is 323 g/mol. The van der Waals surface area contributed by atoms with Crippen molar-refractivity contribution < 1.29 is 28.9 Å². The van der Waals surface area contributed by atoms with Gasteiger partial charge in [0.05, 0.1) is 25.9 Å². The Morgan fingerprint density at radius 2 is 2.13 bits per heavy atom. The lowest BCUT2D eigenvalue weighted by atomic mass is 10.1. The van der Waals surface area contributed by atoms with Gasteiger partial charge in [0.25, 0.3) is 5.91 Å². The van der Waals surface area contributed by atoms with E-state index in [2.05, 4.69) is 5.32 Å². The second-order valence-electron chi connectivity index (χ2n) is 5.32. The Bertz CT molecular complexity index is 556. The molecule has 126 valence electrons. The van der Waals surface area contributed by atoms with Crippen molar-refractivity contribution >= 4 is 11.9 Å². The molecule has 0 heterocycles. The number of ether oxygens (including phenoxy) is 3. The lowest BCUT2D eigenvalue weighted by Gasteiger charge is -2.13. The normalized spacial score (nSPS) is 13.4. The van der Waals surface area contributed by atoms with Gasteiger partial charge in [0.1, 0.15) is 18.1 Å². The first kappa shape index (κ1) is 17.1. The summed E-state index contributed by atoms with van der Waals surface area (Å²) in [7, 11) is 1.56. The topological polar surface area (TPSA) is 94.1 Å². The van der Waals surface area contributed by atoms with Gasteiger partial charge in [-0.1, -0.05) is 0 Å². The van der Waals surface area contributed by atoms with E-state index in [-0.39, 0.29) is 25.7 Å². The van der Waals surface area contributed by atoms with Gasteiger partial charge in [-0.2, -0.15) is 0 Å². The van der Waals surface area contributed by atoms with Crippen LogP contribution in [0.2, 0.25) is 0 Å². The largest absolute Gasteiger partial charge is 0.497 e. The number of carboxylic acid groups (broad SMARTS) is 1. The zero-order chi connectivity index (χ0) is 16.7. The molecule has 0 radical (unpaired) electrons. The number of hydrogen-bond donors (Lipinski definition) is 2. The summed E-state index contributed by atoms with van der Waals surface area (Å²) in [5, 5.41) is 11.1. The zero-order valence-corrected chi connectivity index (χ0v) is 13.0. The fourth-order valence-electron chi connectivity index (χ4n) is 1.92. The highest BCUT2D eigenvalue weighted by molar-refractivity contribution is 5.97. The Balaban J connectivity index is 1.90. The summed E-state index contributed by atoms with van der Waals surface area (Å²) < 4.78 is 15.8. The van der Waals surface area contributed by atoms with Crippen molar-refractivity contribution in [1.82, 2.24) is 5.32 Å². The van der Waals surface area contributed by atoms with Crippen LogP contribution in [-0.2, 0) is 9.53 Å². The Hall–Kier alpha value is -2.28. The van der Waals surface area contributed by atoms with E-state index in [1.165, 1.54) is 0 Å². The third kappa shape index (κ3) is 5.78. The van der Waals surface area contributed by atoms with Crippen LogP contribution in [0.3, 0.4) is 0 Å². The minimum atomic E-state index is -1.04. The number of carbonyl (C=O) groups is 2. The highest BCUT2D eigenvalue weighted by atomic mass is 16.5. The number of aliphatic carboxylic acids is 1. The first-order valence-electron chi connectivity index (χ1n) is 7.48. The van der Waals surface area contributed by atoms with Gasteiger partial charge in [0.2, 0.25) is 0 Å². The van der Waals surface area contributed by atoms with E-state index in [0.717, 1.165) is 12.8 Å². The standard InChI is InChI=1S/C16H21NO6/c1-21-12-4-5-13(14(8-12)23-9-11-2-3-11)16(20)17-6-7-22-10-15(18)19/h4-5,8,11H,2-3,6-7,9-10H2,1H3,(H,17,20)(H,18,19). The van der Waals surface area contributed by atoms with Crippen LogP contribution in [-0.4, -0.2) is 50.5 Å². The van der Waals surface area contributed by atoms with E-state index in [0.29, 0.717) is 29.6 Å². The molecule has 2 N–H and O–H groups in total. The van der Waals surface area contributed by atoms with Crippen LogP contribution in [0.1, 0.15) is 23.2 Å². The summed E-state index contributed by atoms with van der Waals surface area (Å²) in [6.07, 6.45) is 2.32. The Morgan fingerprint density at radius 3 is 2.78 bits per heavy atom. The molecular weight excluding hydrogens is 302 g/mol. The van der Waals surface area contributed by atoms with Gasteiger partial charge >= 0.3 is 5.97 Å². The van der Waals surface area contributed by atoms with Crippen LogP contribution in [0.15, 0.2) is 18.2 Å². The maximum atomic E-state index is 12.2. The number of carbonyl (C=O) groups excluding carboxylic acids is 1. The first-order chi connectivity index (χ1) is 11.1. The highest BCUT2D eigenvalue weighted by Gasteiger charge is 2.23. The third-order valence-corrected chi connectivity index (χ3v) is 3.36. The smallest absolute Gasteiger partial charge is 0.329 e. The number of amides is 1. The van der Waals surface area contributed by atoms with Crippen LogP contribution in [0.25, 0.3) is 0 Å². The summed E-state index contributed by atoms with van der Waals surface area (Å²) in [5.74, 6) is 0.346. The van der Waals surface area contributed by atoms with Crippen LogP contribution in [0.4, 0.5) is 0 Å². The maximum absolute atomic E-state index is 12.2. The maximum Gasteiger partial charge on any atom is 0.329 e. The van der Waals surface area contributed by atoms with Crippen LogP contribution >= 0.6 is 0 Å². The molecule has 7 heteroatoms. The molecule has 0 bridgehead atoms. The van der Waals surface area contributed by atoms with E-state index in [9.17, 15) is 9.59 Å². The van der Waals surface area contributed by atoms with Crippen molar-refractivity contribution in [3.05, 3.63) is 23.8 Å². The van der Waals surface area contributed by atoms with E-state index in [1.54, 1.807) is 25.3 Å². The van der Waals surface area contributed by atoms with Crippen molar-refractivity contribution in [3.63, 3.8) is 0 Å². The molecule has 23 heavy (non-hydrogen) atoms. The van der Waals surface area contributed by atoms with Crippen molar-refractivity contribution in [2.75, 3.05) is 33.5 Å². The molecule has 2 rings (SSSR count). The van der Waals surface area contributed by atoms with E-state index in [1.807, 2.05) is 0 Å². The van der Waals surface area contributed by atoms with Crippen LogP contribution < -0.4 is 14.8 Å². The molecule has 0 aromatic heterocycles. The molecule has 1 fully saturated rings. The Labute approximate surface area is 134 Å². The number of benzene rings is 1. The van der Waals surface area contributed by atoms with Gasteiger partial charge in [-0.3, -0.25) is 4.79 Å². The van der Waals surface area contributed by atoms with Crippen LogP contribution in [0.5, 0.6) is 11.5 Å². The molecule has 1 aromatic rings. The molecule has 0 spiro atoms. The fourth-order valence-corrected chi connectivity index (χ4v) is 1.92. The van der Waals surface area contributed by atoms with Crippen molar-refractivity contribution in [2.24, 2.45) is 5.92 Å².